The van der Waals surface area contributed by atoms with E-state index in [0.717, 1.165) is 19.4 Å². The molecule has 0 heterocycles. The van der Waals surface area contributed by atoms with Crippen molar-refractivity contribution in [3.8, 4) is 0 Å². The molecular formula is C14H23NO. The van der Waals surface area contributed by atoms with E-state index >= 15 is 0 Å². The number of hydrogen-bond donors (Lipinski definition) is 1. The molecular weight excluding hydrogens is 198 g/mol. The molecule has 1 rings (SSSR count). The van der Waals surface area contributed by atoms with E-state index in [-0.39, 0.29) is 12.1 Å². The molecule has 16 heavy (non-hydrogen) atoms. The van der Waals surface area contributed by atoms with E-state index in [4.69, 9.17) is 5.11 Å². The summed E-state index contributed by atoms with van der Waals surface area (Å²) in [4.78, 5) is 2.32. The first-order chi connectivity index (χ1) is 7.56. The minimum absolute atomic E-state index is 0.0729. The lowest BCUT2D eigenvalue weighted by Gasteiger charge is -2.35. The van der Waals surface area contributed by atoms with Crippen molar-refractivity contribution in [1.82, 2.24) is 4.90 Å². The number of nitrogens with zero attached hydrogens (tertiary/aromatic N) is 1. The second-order valence-corrected chi connectivity index (χ2v) is 4.94. The highest BCUT2D eigenvalue weighted by Crippen LogP contribution is 2.16. The number of aliphatic hydroxyl groups is 1. The highest BCUT2D eigenvalue weighted by atomic mass is 16.3. The second kappa shape index (κ2) is 6.02. The highest BCUT2D eigenvalue weighted by Gasteiger charge is 2.22. The molecule has 0 aromatic heterocycles. The van der Waals surface area contributed by atoms with Crippen molar-refractivity contribution < 1.29 is 5.11 Å². The molecule has 0 radical (unpaired) electrons. The van der Waals surface area contributed by atoms with E-state index < -0.39 is 0 Å². The number of aliphatic hydroxyl groups excluding tert-OH is 1. The third-order valence-electron chi connectivity index (χ3n) is 3.34. The van der Waals surface area contributed by atoms with Crippen LogP contribution < -0.4 is 0 Å². The van der Waals surface area contributed by atoms with Gasteiger partial charge >= 0.3 is 0 Å². The maximum Gasteiger partial charge on any atom is 0.0448 e. The Balaban J connectivity index is 2.43. The van der Waals surface area contributed by atoms with Gasteiger partial charge < -0.3 is 10.0 Å². The summed E-state index contributed by atoms with van der Waals surface area (Å²) in [7, 11) is 2.12. The van der Waals surface area contributed by atoms with E-state index in [1.165, 1.54) is 5.56 Å². The third-order valence-corrected chi connectivity index (χ3v) is 3.34. The first-order valence-corrected chi connectivity index (χ1v) is 5.92. The van der Waals surface area contributed by atoms with Gasteiger partial charge in [0, 0.05) is 18.7 Å². The maximum absolute atomic E-state index is 9.01. The molecule has 2 heteroatoms. The Morgan fingerprint density at radius 1 is 1.19 bits per heavy atom. The largest absolute Gasteiger partial charge is 0.396 e. The van der Waals surface area contributed by atoms with Crippen LogP contribution in [0.2, 0.25) is 0 Å². The number of hydrogen-bond acceptors (Lipinski definition) is 2. The minimum Gasteiger partial charge on any atom is -0.396 e. The average Bonchev–Trinajstić information content (AvgIpc) is 2.27. The highest BCUT2D eigenvalue weighted by molar-refractivity contribution is 5.14. The van der Waals surface area contributed by atoms with Gasteiger partial charge in [-0.05, 0) is 39.3 Å². The Hall–Kier alpha value is -0.860. The van der Waals surface area contributed by atoms with Gasteiger partial charge in [0.1, 0.15) is 0 Å². The Kier molecular flexibility index (Phi) is 4.97. The van der Waals surface area contributed by atoms with Crippen LogP contribution in [0.3, 0.4) is 0 Å². The minimum atomic E-state index is 0.0729. The molecule has 90 valence electrons. The van der Waals surface area contributed by atoms with Crippen LogP contribution in [-0.2, 0) is 6.42 Å². The summed E-state index contributed by atoms with van der Waals surface area (Å²) in [5.41, 5.74) is 1.44. The van der Waals surface area contributed by atoms with Crippen molar-refractivity contribution in [3.05, 3.63) is 35.9 Å². The second-order valence-electron chi connectivity index (χ2n) is 4.94. The van der Waals surface area contributed by atoms with Gasteiger partial charge in [0.05, 0.1) is 0 Å². The van der Waals surface area contributed by atoms with Gasteiger partial charge in [-0.1, -0.05) is 30.3 Å². The van der Waals surface area contributed by atoms with Gasteiger partial charge in [0.15, 0.2) is 0 Å². The Labute approximate surface area is 98.9 Å². The van der Waals surface area contributed by atoms with E-state index in [9.17, 15) is 0 Å². The number of benzene rings is 1. The molecule has 0 saturated carbocycles. The zero-order valence-corrected chi connectivity index (χ0v) is 10.6. The fourth-order valence-corrected chi connectivity index (χ4v) is 1.71. The maximum atomic E-state index is 9.01. The predicted octanol–water partition coefficient (Wildman–Crippen LogP) is 2.32. The lowest BCUT2D eigenvalue weighted by atomic mass is 9.98. The van der Waals surface area contributed by atoms with Crippen LogP contribution >= 0.6 is 0 Å². The molecule has 0 aliphatic rings. The molecule has 0 aliphatic heterocycles. The molecule has 0 unspecified atom stereocenters. The lowest BCUT2D eigenvalue weighted by Crippen LogP contribution is -2.42. The summed E-state index contributed by atoms with van der Waals surface area (Å²) in [5, 5.41) is 9.01. The zero-order chi connectivity index (χ0) is 12.0. The number of likely N-dealkylation sites (N-methyl/N-ethyl adjacent to an activating group) is 1. The molecule has 0 spiro atoms. The van der Waals surface area contributed by atoms with E-state index in [1.807, 2.05) is 6.07 Å². The molecule has 1 N–H and O–H groups in total. The van der Waals surface area contributed by atoms with Gasteiger partial charge in [-0.2, -0.15) is 0 Å². The van der Waals surface area contributed by atoms with Gasteiger partial charge in [-0.25, -0.2) is 0 Å². The summed E-state index contributed by atoms with van der Waals surface area (Å²) in [6.07, 6.45) is 1.88. The van der Waals surface area contributed by atoms with Gasteiger partial charge in [-0.15, -0.1) is 0 Å². The van der Waals surface area contributed by atoms with Crippen LogP contribution in [0.5, 0.6) is 0 Å². The smallest absolute Gasteiger partial charge is 0.0448 e. The zero-order valence-electron chi connectivity index (χ0n) is 10.6. The SMILES string of the molecule is CN(CCc1ccccc1)C(C)(C)CCO. The topological polar surface area (TPSA) is 23.5 Å². The first-order valence-electron chi connectivity index (χ1n) is 5.92. The van der Waals surface area contributed by atoms with Crippen LogP contribution in [0.15, 0.2) is 30.3 Å². The third kappa shape index (κ3) is 3.95. The van der Waals surface area contributed by atoms with Gasteiger partial charge in [0.2, 0.25) is 0 Å². The van der Waals surface area contributed by atoms with E-state index in [2.05, 4.69) is 50.1 Å². The van der Waals surface area contributed by atoms with Crippen LogP contribution in [-0.4, -0.2) is 35.7 Å². The van der Waals surface area contributed by atoms with Gasteiger partial charge in [0.25, 0.3) is 0 Å². The van der Waals surface area contributed by atoms with Crippen molar-refractivity contribution in [2.24, 2.45) is 0 Å². The summed E-state index contributed by atoms with van der Waals surface area (Å²) in [6, 6.07) is 10.5. The fourth-order valence-electron chi connectivity index (χ4n) is 1.71. The summed E-state index contributed by atoms with van der Waals surface area (Å²) in [6.45, 7) is 5.63. The quantitative estimate of drug-likeness (QED) is 0.797. The summed E-state index contributed by atoms with van der Waals surface area (Å²) in [5.74, 6) is 0. The van der Waals surface area contributed by atoms with Crippen LogP contribution in [0.25, 0.3) is 0 Å². The van der Waals surface area contributed by atoms with Crippen LogP contribution in [0.1, 0.15) is 25.8 Å². The Morgan fingerprint density at radius 2 is 1.81 bits per heavy atom. The normalized spacial score (nSPS) is 12.1. The Morgan fingerprint density at radius 3 is 2.38 bits per heavy atom. The summed E-state index contributed by atoms with van der Waals surface area (Å²) < 4.78 is 0. The van der Waals surface area contributed by atoms with Crippen LogP contribution in [0.4, 0.5) is 0 Å². The fraction of sp³-hybridized carbons (Fsp3) is 0.571. The molecule has 0 saturated heterocycles. The van der Waals surface area contributed by atoms with Crippen molar-refractivity contribution in [3.63, 3.8) is 0 Å². The molecule has 0 bridgehead atoms. The molecule has 1 aromatic rings. The average molecular weight is 221 g/mol. The molecule has 0 fully saturated rings. The summed E-state index contributed by atoms with van der Waals surface area (Å²) >= 11 is 0. The van der Waals surface area contributed by atoms with Crippen molar-refractivity contribution in [1.29, 1.82) is 0 Å². The molecule has 0 aliphatic carbocycles. The van der Waals surface area contributed by atoms with Crippen molar-refractivity contribution in [2.45, 2.75) is 32.2 Å². The van der Waals surface area contributed by atoms with Crippen molar-refractivity contribution in [2.75, 3.05) is 20.2 Å². The van der Waals surface area contributed by atoms with Crippen molar-refractivity contribution >= 4 is 0 Å². The standard InChI is InChI=1S/C14H23NO/c1-14(2,10-12-16)15(3)11-9-13-7-5-4-6-8-13/h4-8,16H,9-12H2,1-3H3. The molecule has 1 aromatic carbocycles. The van der Waals surface area contributed by atoms with E-state index in [1.54, 1.807) is 0 Å². The first kappa shape index (κ1) is 13.2. The molecule has 2 nitrogen and oxygen atoms in total. The molecule has 0 amide bonds. The monoisotopic (exact) mass is 221 g/mol. The lowest BCUT2D eigenvalue weighted by molar-refractivity contribution is 0.118. The van der Waals surface area contributed by atoms with Gasteiger partial charge in [-0.3, -0.25) is 0 Å². The van der Waals surface area contributed by atoms with E-state index in [0.29, 0.717) is 0 Å². The predicted molar refractivity (Wildman–Crippen MR) is 68.6 cm³/mol. The Bertz CT molecular complexity index is 295. The molecule has 0 atom stereocenters. The number of rotatable bonds is 6. The van der Waals surface area contributed by atoms with Crippen LogP contribution in [0, 0.1) is 0 Å².